The molecule has 0 saturated heterocycles. The molecule has 0 amide bonds. The molecule has 0 aliphatic carbocycles. The summed E-state index contributed by atoms with van der Waals surface area (Å²) in [6.07, 6.45) is 3.28. The van der Waals surface area contributed by atoms with Crippen molar-refractivity contribution < 1.29 is 0 Å². The summed E-state index contributed by atoms with van der Waals surface area (Å²) in [7, 11) is 4.05. The Morgan fingerprint density at radius 1 is 1.12 bits per heavy atom. The van der Waals surface area contributed by atoms with Gasteiger partial charge in [-0.25, -0.2) is 9.97 Å². The van der Waals surface area contributed by atoms with Crippen LogP contribution < -0.4 is 4.90 Å². The van der Waals surface area contributed by atoms with E-state index >= 15 is 0 Å². The maximum atomic E-state index is 4.65. The summed E-state index contributed by atoms with van der Waals surface area (Å²) in [5.41, 5.74) is 1.04. The largest absolute Gasteiger partial charge is 0.362 e. The molecule has 0 aliphatic heterocycles. The molecule has 0 atom stereocenters. The molecule has 0 N–H and O–H groups in total. The van der Waals surface area contributed by atoms with E-state index in [9.17, 15) is 0 Å². The Bertz CT molecular complexity index is 506. The van der Waals surface area contributed by atoms with Crippen molar-refractivity contribution in [3.05, 3.63) is 30.1 Å². The van der Waals surface area contributed by atoms with Crippen LogP contribution in [0.3, 0.4) is 0 Å². The third-order valence-corrected chi connectivity index (χ3v) is 2.81. The molecule has 0 saturated carbocycles. The van der Waals surface area contributed by atoms with E-state index in [-0.39, 0.29) is 0 Å². The van der Waals surface area contributed by atoms with Gasteiger partial charge in [0, 0.05) is 25.9 Å². The fourth-order valence-electron chi connectivity index (χ4n) is 1.89. The summed E-state index contributed by atoms with van der Waals surface area (Å²) in [4.78, 5) is 11.3. The highest BCUT2D eigenvalue weighted by molar-refractivity contribution is 5.89. The van der Waals surface area contributed by atoms with Crippen molar-refractivity contribution in [3.8, 4) is 0 Å². The lowest BCUT2D eigenvalue weighted by Crippen LogP contribution is -2.13. The molecule has 1 aromatic carbocycles. The van der Waals surface area contributed by atoms with E-state index in [0.29, 0.717) is 0 Å². The molecule has 3 nitrogen and oxygen atoms in total. The number of rotatable bonds is 4. The van der Waals surface area contributed by atoms with Crippen LogP contribution in [0.2, 0.25) is 0 Å². The van der Waals surface area contributed by atoms with E-state index in [0.717, 1.165) is 35.4 Å². The molecule has 2 aromatic rings. The van der Waals surface area contributed by atoms with E-state index in [2.05, 4.69) is 33.9 Å². The van der Waals surface area contributed by atoms with Crippen molar-refractivity contribution in [2.75, 3.05) is 19.0 Å². The zero-order chi connectivity index (χ0) is 12.3. The van der Waals surface area contributed by atoms with Crippen LogP contribution in [-0.4, -0.2) is 24.1 Å². The van der Waals surface area contributed by atoms with Crippen LogP contribution >= 0.6 is 0 Å². The Kier molecular flexibility index (Phi) is 3.57. The summed E-state index contributed by atoms with van der Waals surface area (Å²) in [5.74, 6) is 1.97. The van der Waals surface area contributed by atoms with E-state index in [4.69, 9.17) is 0 Å². The molecule has 0 unspecified atom stereocenters. The van der Waals surface area contributed by atoms with Crippen molar-refractivity contribution in [3.63, 3.8) is 0 Å². The average molecular weight is 229 g/mol. The van der Waals surface area contributed by atoms with Crippen LogP contribution in [0, 0.1) is 0 Å². The highest BCUT2D eigenvalue weighted by Gasteiger charge is 2.08. The number of hydrogen-bond donors (Lipinski definition) is 0. The molecule has 2 rings (SSSR count). The Labute approximate surface area is 103 Å². The van der Waals surface area contributed by atoms with Gasteiger partial charge in [-0.05, 0) is 18.6 Å². The highest BCUT2D eigenvalue weighted by atomic mass is 15.1. The number of aromatic nitrogens is 2. The molecule has 0 fully saturated rings. The lowest BCUT2D eigenvalue weighted by molar-refractivity contribution is 0.755. The molecule has 0 aliphatic rings. The molecule has 1 heterocycles. The minimum atomic E-state index is 0.953. The topological polar surface area (TPSA) is 29.0 Å². The van der Waals surface area contributed by atoms with Gasteiger partial charge in [0.15, 0.2) is 0 Å². The number of anilines is 1. The zero-order valence-corrected chi connectivity index (χ0v) is 10.8. The summed E-state index contributed by atoms with van der Waals surface area (Å²) >= 11 is 0. The van der Waals surface area contributed by atoms with Gasteiger partial charge >= 0.3 is 0 Å². The number of para-hydroxylation sites is 1. The first-order valence-electron chi connectivity index (χ1n) is 6.15. The summed E-state index contributed by atoms with van der Waals surface area (Å²) in [6, 6.07) is 8.19. The predicted octanol–water partition coefficient (Wildman–Crippen LogP) is 3.04. The van der Waals surface area contributed by atoms with Gasteiger partial charge in [0.2, 0.25) is 0 Å². The van der Waals surface area contributed by atoms with Crippen molar-refractivity contribution in [1.29, 1.82) is 0 Å². The first-order valence-corrected chi connectivity index (χ1v) is 6.15. The molecule has 0 radical (unpaired) electrons. The van der Waals surface area contributed by atoms with Gasteiger partial charge < -0.3 is 4.90 Å². The maximum Gasteiger partial charge on any atom is 0.139 e. The van der Waals surface area contributed by atoms with Gasteiger partial charge in [0.25, 0.3) is 0 Å². The third kappa shape index (κ3) is 2.54. The SMILES string of the molecule is CCCCc1nc(N(C)C)c2ccccc2n1. The van der Waals surface area contributed by atoms with Crippen LogP contribution in [0.5, 0.6) is 0 Å². The van der Waals surface area contributed by atoms with Crippen molar-refractivity contribution in [1.82, 2.24) is 9.97 Å². The van der Waals surface area contributed by atoms with E-state index in [1.54, 1.807) is 0 Å². The molecule has 1 aromatic heterocycles. The van der Waals surface area contributed by atoms with Crippen LogP contribution in [0.25, 0.3) is 10.9 Å². The fourth-order valence-corrected chi connectivity index (χ4v) is 1.89. The molecule has 90 valence electrons. The number of nitrogens with zero attached hydrogens (tertiary/aromatic N) is 3. The number of benzene rings is 1. The Morgan fingerprint density at radius 3 is 2.59 bits per heavy atom. The van der Waals surface area contributed by atoms with Gasteiger partial charge in [0.05, 0.1) is 5.52 Å². The smallest absolute Gasteiger partial charge is 0.139 e. The number of hydrogen-bond acceptors (Lipinski definition) is 3. The normalized spacial score (nSPS) is 10.8. The lowest BCUT2D eigenvalue weighted by atomic mass is 10.2. The third-order valence-electron chi connectivity index (χ3n) is 2.81. The van der Waals surface area contributed by atoms with E-state index in [1.165, 1.54) is 6.42 Å². The van der Waals surface area contributed by atoms with Gasteiger partial charge in [-0.2, -0.15) is 0 Å². The highest BCUT2D eigenvalue weighted by Crippen LogP contribution is 2.22. The van der Waals surface area contributed by atoms with Crippen LogP contribution in [0.15, 0.2) is 24.3 Å². The minimum absolute atomic E-state index is 0.953. The Balaban J connectivity index is 2.51. The van der Waals surface area contributed by atoms with E-state index < -0.39 is 0 Å². The molecular formula is C14H19N3. The monoisotopic (exact) mass is 229 g/mol. The summed E-state index contributed by atoms with van der Waals surface area (Å²) in [6.45, 7) is 2.19. The van der Waals surface area contributed by atoms with Gasteiger partial charge in [0.1, 0.15) is 11.6 Å². The summed E-state index contributed by atoms with van der Waals surface area (Å²) < 4.78 is 0. The standard InChI is InChI=1S/C14H19N3/c1-4-5-10-13-15-12-9-7-6-8-11(12)14(16-13)17(2)3/h6-9H,4-5,10H2,1-3H3. The maximum absolute atomic E-state index is 4.65. The Morgan fingerprint density at radius 2 is 1.88 bits per heavy atom. The summed E-state index contributed by atoms with van der Waals surface area (Å²) in [5, 5.41) is 1.12. The number of unbranched alkanes of at least 4 members (excludes halogenated alkanes) is 1. The van der Waals surface area contributed by atoms with Crippen molar-refractivity contribution in [2.24, 2.45) is 0 Å². The molecular weight excluding hydrogens is 210 g/mol. The number of aryl methyl sites for hydroxylation is 1. The molecule has 0 bridgehead atoms. The first-order chi connectivity index (χ1) is 8.22. The number of fused-ring (bicyclic) bond motifs is 1. The van der Waals surface area contributed by atoms with E-state index in [1.807, 2.05) is 26.2 Å². The van der Waals surface area contributed by atoms with Crippen LogP contribution in [-0.2, 0) is 6.42 Å². The van der Waals surface area contributed by atoms with Crippen LogP contribution in [0.1, 0.15) is 25.6 Å². The second-order valence-corrected chi connectivity index (χ2v) is 4.48. The molecule has 17 heavy (non-hydrogen) atoms. The molecule has 0 spiro atoms. The van der Waals surface area contributed by atoms with Crippen molar-refractivity contribution in [2.45, 2.75) is 26.2 Å². The van der Waals surface area contributed by atoms with Gasteiger partial charge in [-0.3, -0.25) is 0 Å². The quantitative estimate of drug-likeness (QED) is 0.807. The van der Waals surface area contributed by atoms with Crippen LogP contribution in [0.4, 0.5) is 5.82 Å². The van der Waals surface area contributed by atoms with Gasteiger partial charge in [-0.1, -0.05) is 25.5 Å². The average Bonchev–Trinajstić information content (AvgIpc) is 2.35. The lowest BCUT2D eigenvalue weighted by Gasteiger charge is -2.15. The van der Waals surface area contributed by atoms with Crippen molar-refractivity contribution >= 4 is 16.7 Å². The molecule has 3 heteroatoms. The second-order valence-electron chi connectivity index (χ2n) is 4.48. The predicted molar refractivity (Wildman–Crippen MR) is 72.5 cm³/mol. The first kappa shape index (κ1) is 11.8. The van der Waals surface area contributed by atoms with Gasteiger partial charge in [-0.15, -0.1) is 0 Å². The second kappa shape index (κ2) is 5.13. The Hall–Kier alpha value is -1.64. The zero-order valence-electron chi connectivity index (χ0n) is 10.8. The fraction of sp³-hybridized carbons (Fsp3) is 0.429. The minimum Gasteiger partial charge on any atom is -0.362 e.